The lowest BCUT2D eigenvalue weighted by Crippen LogP contribution is -2.13. The van der Waals surface area contributed by atoms with E-state index >= 15 is 0 Å². The fraction of sp³-hybridized carbons (Fsp3) is 0.143. The standard InChI is InChI=1S/C21H21NO4S/c1-14-19(25-2)12-15(13-20(14)26-3)16-8-4-5-9-17(16)18-10-6-7-11-21(18)27(22,23)24/h4-13H,1-3H3,(H2,22,23,24). The van der Waals surface area contributed by atoms with E-state index in [1.807, 2.05) is 43.3 Å². The van der Waals surface area contributed by atoms with E-state index in [2.05, 4.69) is 0 Å². The number of rotatable bonds is 5. The van der Waals surface area contributed by atoms with Gasteiger partial charge in [0.25, 0.3) is 0 Å². The van der Waals surface area contributed by atoms with Crippen molar-refractivity contribution in [2.24, 2.45) is 5.14 Å². The van der Waals surface area contributed by atoms with E-state index in [0.717, 1.165) is 22.3 Å². The van der Waals surface area contributed by atoms with Gasteiger partial charge in [0.2, 0.25) is 10.0 Å². The Morgan fingerprint density at radius 3 is 1.78 bits per heavy atom. The summed E-state index contributed by atoms with van der Waals surface area (Å²) in [6.07, 6.45) is 0. The van der Waals surface area contributed by atoms with E-state index in [1.165, 1.54) is 6.07 Å². The van der Waals surface area contributed by atoms with Crippen LogP contribution in [0.4, 0.5) is 0 Å². The molecule has 5 nitrogen and oxygen atoms in total. The largest absolute Gasteiger partial charge is 0.496 e. The number of hydrogen-bond donors (Lipinski definition) is 1. The molecule has 6 heteroatoms. The molecule has 0 saturated carbocycles. The van der Waals surface area contributed by atoms with Gasteiger partial charge >= 0.3 is 0 Å². The molecule has 2 N–H and O–H groups in total. The quantitative estimate of drug-likeness (QED) is 0.722. The lowest BCUT2D eigenvalue weighted by Gasteiger charge is -2.16. The van der Waals surface area contributed by atoms with Gasteiger partial charge in [-0.3, -0.25) is 0 Å². The molecular formula is C21H21NO4S. The van der Waals surface area contributed by atoms with Gasteiger partial charge in [-0.25, -0.2) is 13.6 Å². The van der Waals surface area contributed by atoms with Crippen LogP contribution in [0.5, 0.6) is 11.5 Å². The highest BCUT2D eigenvalue weighted by atomic mass is 32.2. The summed E-state index contributed by atoms with van der Waals surface area (Å²) in [4.78, 5) is 0.0866. The molecule has 140 valence electrons. The van der Waals surface area contributed by atoms with Crippen LogP contribution >= 0.6 is 0 Å². The maximum Gasteiger partial charge on any atom is 0.238 e. The molecule has 0 heterocycles. The number of sulfonamides is 1. The monoisotopic (exact) mass is 383 g/mol. The van der Waals surface area contributed by atoms with E-state index in [9.17, 15) is 8.42 Å². The third-order valence-electron chi connectivity index (χ3n) is 4.47. The van der Waals surface area contributed by atoms with Gasteiger partial charge in [-0.2, -0.15) is 0 Å². The molecule has 3 aromatic rings. The average Bonchev–Trinajstić information content (AvgIpc) is 2.67. The van der Waals surface area contributed by atoms with Crippen molar-refractivity contribution in [3.63, 3.8) is 0 Å². The Bertz CT molecular complexity index is 1070. The topological polar surface area (TPSA) is 78.6 Å². The van der Waals surface area contributed by atoms with Crippen LogP contribution in [-0.4, -0.2) is 22.6 Å². The smallest absolute Gasteiger partial charge is 0.238 e. The highest BCUT2D eigenvalue weighted by Crippen LogP contribution is 2.39. The predicted molar refractivity (Wildman–Crippen MR) is 107 cm³/mol. The molecular weight excluding hydrogens is 362 g/mol. The van der Waals surface area contributed by atoms with Gasteiger partial charge < -0.3 is 9.47 Å². The summed E-state index contributed by atoms with van der Waals surface area (Å²) in [7, 11) is -0.652. The molecule has 0 atom stereocenters. The molecule has 0 radical (unpaired) electrons. The molecule has 0 saturated heterocycles. The molecule has 0 amide bonds. The lowest BCUT2D eigenvalue weighted by atomic mass is 9.93. The van der Waals surface area contributed by atoms with E-state index in [4.69, 9.17) is 14.6 Å². The van der Waals surface area contributed by atoms with Crippen molar-refractivity contribution in [2.45, 2.75) is 11.8 Å². The molecule has 0 aliphatic rings. The molecule has 0 aliphatic carbocycles. The van der Waals surface area contributed by atoms with Gasteiger partial charge in [-0.1, -0.05) is 42.5 Å². The van der Waals surface area contributed by atoms with Crippen molar-refractivity contribution in [2.75, 3.05) is 14.2 Å². The van der Waals surface area contributed by atoms with Crippen molar-refractivity contribution in [3.8, 4) is 33.8 Å². The molecule has 0 unspecified atom stereocenters. The summed E-state index contributed by atoms with van der Waals surface area (Å²) in [6, 6.07) is 18.1. The summed E-state index contributed by atoms with van der Waals surface area (Å²) in [5.41, 5.74) is 3.91. The summed E-state index contributed by atoms with van der Waals surface area (Å²) >= 11 is 0. The van der Waals surface area contributed by atoms with Crippen LogP contribution in [0, 0.1) is 6.92 Å². The first-order chi connectivity index (χ1) is 12.9. The molecule has 0 bridgehead atoms. The summed E-state index contributed by atoms with van der Waals surface area (Å²) in [6.45, 7) is 1.92. The van der Waals surface area contributed by atoms with Crippen LogP contribution in [-0.2, 0) is 10.0 Å². The van der Waals surface area contributed by atoms with Crippen molar-refractivity contribution in [1.29, 1.82) is 0 Å². The van der Waals surface area contributed by atoms with Crippen molar-refractivity contribution < 1.29 is 17.9 Å². The minimum atomic E-state index is -3.86. The van der Waals surface area contributed by atoms with Gasteiger partial charge in [0.05, 0.1) is 19.1 Å². The third kappa shape index (κ3) is 3.67. The van der Waals surface area contributed by atoms with Crippen LogP contribution < -0.4 is 14.6 Å². The molecule has 3 aromatic carbocycles. The van der Waals surface area contributed by atoms with Gasteiger partial charge in [-0.15, -0.1) is 0 Å². The SMILES string of the molecule is COc1cc(-c2ccccc2-c2ccccc2S(N)(=O)=O)cc(OC)c1C. The predicted octanol–water partition coefficient (Wildman–Crippen LogP) is 3.99. The summed E-state index contributed by atoms with van der Waals surface area (Å²) in [5, 5.41) is 5.43. The van der Waals surface area contributed by atoms with E-state index in [-0.39, 0.29) is 4.90 Å². The first-order valence-electron chi connectivity index (χ1n) is 8.31. The highest BCUT2D eigenvalue weighted by molar-refractivity contribution is 7.89. The second-order valence-corrected chi connectivity index (χ2v) is 7.62. The Kier molecular flexibility index (Phi) is 5.21. The Morgan fingerprint density at radius 1 is 0.778 bits per heavy atom. The average molecular weight is 383 g/mol. The molecule has 0 aliphatic heterocycles. The van der Waals surface area contributed by atoms with Gasteiger partial charge in [0, 0.05) is 11.1 Å². The van der Waals surface area contributed by atoms with Gasteiger partial charge in [0.1, 0.15) is 11.5 Å². The minimum absolute atomic E-state index is 0.0866. The number of ether oxygens (including phenoxy) is 2. The number of primary sulfonamides is 1. The van der Waals surface area contributed by atoms with Crippen molar-refractivity contribution in [1.82, 2.24) is 0 Å². The normalized spacial score (nSPS) is 11.3. The van der Waals surface area contributed by atoms with Gasteiger partial charge in [-0.05, 0) is 41.8 Å². The molecule has 3 rings (SSSR count). The number of nitrogens with two attached hydrogens (primary N) is 1. The Balaban J connectivity index is 2.30. The second-order valence-electron chi connectivity index (χ2n) is 6.09. The minimum Gasteiger partial charge on any atom is -0.496 e. The Labute approximate surface area is 159 Å². The van der Waals surface area contributed by atoms with Gasteiger partial charge in [0.15, 0.2) is 0 Å². The molecule has 27 heavy (non-hydrogen) atoms. The molecule has 0 fully saturated rings. The zero-order chi connectivity index (χ0) is 19.6. The Morgan fingerprint density at radius 2 is 1.26 bits per heavy atom. The van der Waals surface area contributed by atoms with Crippen LogP contribution in [0.3, 0.4) is 0 Å². The Hall–Kier alpha value is -2.83. The third-order valence-corrected chi connectivity index (χ3v) is 5.44. The number of hydrogen-bond acceptors (Lipinski definition) is 4. The second kappa shape index (κ2) is 7.42. The highest BCUT2D eigenvalue weighted by Gasteiger charge is 2.18. The maximum absolute atomic E-state index is 12.1. The first kappa shape index (κ1) is 18.9. The molecule has 0 aromatic heterocycles. The van der Waals surface area contributed by atoms with Crippen LogP contribution in [0.25, 0.3) is 22.3 Å². The summed E-state index contributed by atoms with van der Waals surface area (Å²) in [5.74, 6) is 1.39. The van der Waals surface area contributed by atoms with Crippen LogP contribution in [0.15, 0.2) is 65.6 Å². The number of benzene rings is 3. The fourth-order valence-electron chi connectivity index (χ4n) is 3.15. The van der Waals surface area contributed by atoms with Crippen LogP contribution in [0.2, 0.25) is 0 Å². The van der Waals surface area contributed by atoms with Crippen molar-refractivity contribution >= 4 is 10.0 Å². The number of methoxy groups -OCH3 is 2. The maximum atomic E-state index is 12.1. The first-order valence-corrected chi connectivity index (χ1v) is 9.85. The van der Waals surface area contributed by atoms with E-state index in [1.54, 1.807) is 32.4 Å². The zero-order valence-electron chi connectivity index (χ0n) is 15.4. The van der Waals surface area contributed by atoms with E-state index < -0.39 is 10.0 Å². The van der Waals surface area contributed by atoms with E-state index in [0.29, 0.717) is 17.1 Å². The van der Waals surface area contributed by atoms with Crippen molar-refractivity contribution in [3.05, 3.63) is 66.2 Å². The van der Waals surface area contributed by atoms with Crippen LogP contribution in [0.1, 0.15) is 5.56 Å². The zero-order valence-corrected chi connectivity index (χ0v) is 16.2. The fourth-order valence-corrected chi connectivity index (χ4v) is 3.90. The molecule has 0 spiro atoms. The lowest BCUT2D eigenvalue weighted by molar-refractivity contribution is 0.389. The summed E-state index contributed by atoms with van der Waals surface area (Å²) < 4.78 is 35.1.